The van der Waals surface area contributed by atoms with Crippen molar-refractivity contribution in [3.05, 3.63) is 16.7 Å². The topological polar surface area (TPSA) is 141 Å². The van der Waals surface area contributed by atoms with Crippen LogP contribution < -0.4 is 10.9 Å². The Morgan fingerprint density at radius 1 is 1.39 bits per heavy atom. The van der Waals surface area contributed by atoms with Crippen LogP contribution in [0.15, 0.2) is 11.1 Å². The summed E-state index contributed by atoms with van der Waals surface area (Å²) in [5.74, 6) is -0.579. The molecule has 1 aliphatic rings. The molecule has 12 heteroatoms. The Bertz CT molecular complexity index is 1060. The van der Waals surface area contributed by atoms with Crippen molar-refractivity contribution < 1.29 is 23.8 Å². The van der Waals surface area contributed by atoms with Crippen molar-refractivity contribution in [2.24, 2.45) is 5.92 Å². The summed E-state index contributed by atoms with van der Waals surface area (Å²) in [4.78, 5) is 35.5. The van der Waals surface area contributed by atoms with Gasteiger partial charge in [0.05, 0.1) is 12.9 Å². The lowest BCUT2D eigenvalue weighted by atomic mass is 10.1. The molecule has 3 heterocycles. The summed E-state index contributed by atoms with van der Waals surface area (Å²) in [7, 11) is -0.536. The van der Waals surface area contributed by atoms with Gasteiger partial charge in [0.15, 0.2) is 25.7 Å². The molecule has 11 nitrogen and oxygen atoms in total. The van der Waals surface area contributed by atoms with Gasteiger partial charge in [0.25, 0.3) is 5.56 Å². The molecule has 0 spiro atoms. The Morgan fingerprint density at radius 3 is 2.64 bits per heavy atom. The Morgan fingerprint density at radius 2 is 2.06 bits per heavy atom. The average molecular weight is 482 g/mol. The second kappa shape index (κ2) is 9.26. The van der Waals surface area contributed by atoms with E-state index in [-0.39, 0.29) is 40.6 Å². The van der Waals surface area contributed by atoms with Crippen LogP contribution in [0.4, 0.5) is 5.95 Å². The fourth-order valence-corrected chi connectivity index (χ4v) is 4.33. The van der Waals surface area contributed by atoms with Crippen molar-refractivity contribution in [2.45, 2.75) is 77.3 Å². The Labute approximate surface area is 194 Å². The number of carbonyl (C=O) groups is 1. The zero-order valence-corrected chi connectivity index (χ0v) is 21.5. The van der Waals surface area contributed by atoms with E-state index >= 15 is 0 Å². The van der Waals surface area contributed by atoms with Crippen LogP contribution in [0.3, 0.4) is 0 Å². The molecule has 1 fully saturated rings. The van der Waals surface area contributed by atoms with Crippen LogP contribution in [-0.4, -0.2) is 70.9 Å². The van der Waals surface area contributed by atoms with Gasteiger partial charge in [-0.25, -0.2) is 4.98 Å². The monoisotopic (exact) mass is 481 g/mol. The van der Waals surface area contributed by atoms with E-state index in [4.69, 9.17) is 13.9 Å². The highest BCUT2D eigenvalue weighted by Crippen LogP contribution is 2.38. The van der Waals surface area contributed by atoms with Gasteiger partial charge in [0.1, 0.15) is 18.3 Å². The van der Waals surface area contributed by atoms with Gasteiger partial charge in [-0.3, -0.25) is 24.5 Å². The number of aliphatic hydroxyl groups excluding tert-OH is 1. The van der Waals surface area contributed by atoms with Gasteiger partial charge in [-0.1, -0.05) is 34.6 Å². The SMILES string of the molecule is COC1C(CO[Si](C)(C)C(C)(C)C)OC(n2cnc3c(=O)[nH]c(NC(=O)C(C)C)nc32)C1O. The predicted octanol–water partition coefficient (Wildman–Crippen LogP) is 2.01. The Hall–Kier alpha value is -2.12. The largest absolute Gasteiger partial charge is 0.414 e. The van der Waals surface area contributed by atoms with Crippen molar-refractivity contribution >= 4 is 31.3 Å². The van der Waals surface area contributed by atoms with E-state index in [9.17, 15) is 14.7 Å². The van der Waals surface area contributed by atoms with Crippen LogP contribution >= 0.6 is 0 Å². The maximum Gasteiger partial charge on any atom is 0.280 e. The van der Waals surface area contributed by atoms with Gasteiger partial charge in [-0.05, 0) is 18.1 Å². The smallest absolute Gasteiger partial charge is 0.280 e. The van der Waals surface area contributed by atoms with Crippen LogP contribution in [0.5, 0.6) is 0 Å². The number of nitrogens with one attached hydrogen (secondary N) is 2. The molecule has 33 heavy (non-hydrogen) atoms. The van der Waals surface area contributed by atoms with Crippen molar-refractivity contribution in [3.63, 3.8) is 0 Å². The van der Waals surface area contributed by atoms with E-state index in [2.05, 4.69) is 54.1 Å². The number of imidazole rings is 1. The second-order valence-corrected chi connectivity index (χ2v) is 15.0. The highest BCUT2D eigenvalue weighted by Gasteiger charge is 2.47. The number of H-pyrrole nitrogens is 1. The number of hydrogen-bond donors (Lipinski definition) is 3. The van der Waals surface area contributed by atoms with Crippen molar-refractivity contribution in [1.29, 1.82) is 0 Å². The van der Waals surface area contributed by atoms with E-state index in [0.717, 1.165) is 0 Å². The third-order valence-electron chi connectivity index (χ3n) is 6.47. The molecule has 184 valence electrons. The maximum atomic E-state index is 12.5. The van der Waals surface area contributed by atoms with Crippen LogP contribution in [0.1, 0.15) is 40.8 Å². The second-order valence-electron chi connectivity index (χ2n) is 10.2. The fourth-order valence-electron chi connectivity index (χ4n) is 3.31. The minimum Gasteiger partial charge on any atom is -0.414 e. The number of hydrogen-bond acceptors (Lipinski definition) is 8. The number of rotatable bonds is 7. The number of nitrogens with zero attached hydrogens (tertiary/aromatic N) is 3. The quantitative estimate of drug-likeness (QED) is 0.510. The molecule has 0 aliphatic carbocycles. The molecule has 0 bridgehead atoms. The third kappa shape index (κ3) is 5.04. The van der Waals surface area contributed by atoms with Gasteiger partial charge in [-0.15, -0.1) is 0 Å². The normalized spacial score (nSPS) is 24.1. The third-order valence-corrected chi connectivity index (χ3v) is 11.0. The zero-order chi connectivity index (χ0) is 24.7. The number of methoxy groups -OCH3 is 1. The maximum absolute atomic E-state index is 12.5. The summed E-state index contributed by atoms with van der Waals surface area (Å²) in [6.45, 7) is 14.5. The molecule has 1 amide bonds. The number of amides is 1. The van der Waals surface area contributed by atoms with E-state index < -0.39 is 38.4 Å². The number of aliphatic hydroxyl groups is 1. The first kappa shape index (κ1) is 25.5. The van der Waals surface area contributed by atoms with E-state index in [1.807, 2.05) is 0 Å². The number of fused-ring (bicyclic) bond motifs is 1. The number of anilines is 1. The zero-order valence-electron chi connectivity index (χ0n) is 20.5. The Kier molecular flexibility index (Phi) is 7.15. The summed E-state index contributed by atoms with van der Waals surface area (Å²) < 4.78 is 19.5. The standard InChI is InChI=1S/C21H35N5O6Si/c1-11(2)17(28)24-20-23-16-13(18(29)25-20)22-10-26(16)19-14(27)15(30-6)12(32-19)9-31-33(7,8)21(3,4)5/h10-12,14-15,19,27H,9H2,1-8H3,(H2,23,24,25,28,29). The Balaban J connectivity index is 1.89. The van der Waals surface area contributed by atoms with E-state index in [0.29, 0.717) is 0 Å². The molecule has 4 atom stereocenters. The molecule has 3 N–H and O–H groups in total. The van der Waals surface area contributed by atoms with Crippen molar-refractivity contribution in [1.82, 2.24) is 19.5 Å². The molecule has 3 rings (SSSR count). The van der Waals surface area contributed by atoms with Crippen LogP contribution in [0.25, 0.3) is 11.2 Å². The van der Waals surface area contributed by atoms with Crippen molar-refractivity contribution in [3.8, 4) is 0 Å². The average Bonchev–Trinajstić information content (AvgIpc) is 3.26. The lowest BCUT2D eigenvalue weighted by molar-refractivity contribution is -0.118. The van der Waals surface area contributed by atoms with E-state index in [1.165, 1.54) is 18.0 Å². The first-order valence-electron chi connectivity index (χ1n) is 11.0. The first-order chi connectivity index (χ1) is 15.3. The lowest BCUT2D eigenvalue weighted by Crippen LogP contribution is -2.45. The molecular formula is C21H35N5O6Si. The summed E-state index contributed by atoms with van der Waals surface area (Å²) in [5.41, 5.74) is -0.252. The van der Waals surface area contributed by atoms with Gasteiger partial charge in [0.2, 0.25) is 11.9 Å². The minimum absolute atomic E-state index is 0.00142. The number of carbonyl (C=O) groups excluding carboxylic acids is 1. The summed E-state index contributed by atoms with van der Waals surface area (Å²) in [6, 6.07) is 0. The molecule has 0 saturated carbocycles. The summed E-state index contributed by atoms with van der Waals surface area (Å²) in [5, 5.41) is 13.6. The highest BCUT2D eigenvalue weighted by molar-refractivity contribution is 6.74. The predicted molar refractivity (Wildman–Crippen MR) is 125 cm³/mol. The molecule has 0 aromatic carbocycles. The first-order valence-corrected chi connectivity index (χ1v) is 14.0. The number of aromatic amines is 1. The van der Waals surface area contributed by atoms with Gasteiger partial charge >= 0.3 is 0 Å². The van der Waals surface area contributed by atoms with Gasteiger partial charge in [-0.2, -0.15) is 4.98 Å². The van der Waals surface area contributed by atoms with Crippen LogP contribution in [0.2, 0.25) is 18.1 Å². The molecule has 0 radical (unpaired) electrons. The van der Waals surface area contributed by atoms with Gasteiger partial charge < -0.3 is 19.0 Å². The summed E-state index contributed by atoms with van der Waals surface area (Å²) >= 11 is 0. The molecule has 1 aliphatic heterocycles. The molecular weight excluding hydrogens is 446 g/mol. The highest BCUT2D eigenvalue weighted by atomic mass is 28.4. The van der Waals surface area contributed by atoms with Crippen LogP contribution in [0, 0.1) is 5.92 Å². The lowest BCUT2D eigenvalue weighted by Gasteiger charge is -2.37. The molecule has 4 unspecified atom stereocenters. The molecule has 1 saturated heterocycles. The molecule has 2 aromatic heterocycles. The number of aromatic nitrogens is 4. The molecule has 2 aromatic rings. The minimum atomic E-state index is -2.04. The fraction of sp³-hybridized carbons (Fsp3) is 0.714. The van der Waals surface area contributed by atoms with E-state index in [1.54, 1.807) is 13.8 Å². The summed E-state index contributed by atoms with van der Waals surface area (Å²) in [6.07, 6.45) is -1.72. The van der Waals surface area contributed by atoms with Crippen LogP contribution in [-0.2, 0) is 18.7 Å². The van der Waals surface area contributed by atoms with Crippen molar-refractivity contribution in [2.75, 3.05) is 19.0 Å². The van der Waals surface area contributed by atoms with Gasteiger partial charge in [0, 0.05) is 13.0 Å². The number of ether oxygens (including phenoxy) is 2.